The van der Waals surface area contributed by atoms with E-state index in [9.17, 15) is 0 Å². The molecule has 0 aliphatic heterocycles. The van der Waals surface area contributed by atoms with Crippen LogP contribution in [-0.2, 0) is 0 Å². The van der Waals surface area contributed by atoms with Crippen LogP contribution in [0.25, 0.3) is 0 Å². The molecule has 3 rings (SSSR count). The lowest BCUT2D eigenvalue weighted by Crippen LogP contribution is -2.24. The van der Waals surface area contributed by atoms with Gasteiger partial charge in [-0.3, -0.25) is 0 Å². The summed E-state index contributed by atoms with van der Waals surface area (Å²) < 4.78 is 0.171. The molecule has 2 heteroatoms. The third kappa shape index (κ3) is 5.72. The van der Waals surface area contributed by atoms with Gasteiger partial charge in [-0.05, 0) is 47.1 Å². The predicted molar refractivity (Wildman–Crippen MR) is 134 cm³/mol. The van der Waals surface area contributed by atoms with Crippen molar-refractivity contribution in [2.75, 3.05) is 0 Å². The van der Waals surface area contributed by atoms with Crippen molar-refractivity contribution >= 4 is 22.7 Å². The van der Waals surface area contributed by atoms with Gasteiger partial charge in [-0.15, -0.1) is 0 Å². The van der Waals surface area contributed by atoms with E-state index in [0.717, 1.165) is 7.78 Å². The molecular formula is C26H37PS. The van der Waals surface area contributed by atoms with Crippen molar-refractivity contribution in [3.63, 3.8) is 0 Å². The summed E-state index contributed by atoms with van der Waals surface area (Å²) in [5.41, 5.74) is 0. The van der Waals surface area contributed by atoms with E-state index in [1.165, 1.54) is 15.1 Å². The molecule has 28 heavy (non-hydrogen) atoms. The minimum absolute atomic E-state index is 0.171. The van der Waals surface area contributed by atoms with Crippen molar-refractivity contribution in [1.82, 2.24) is 0 Å². The molecular weight excluding hydrogens is 375 g/mol. The molecule has 152 valence electrons. The molecule has 1 atom stereocenters. The Bertz CT molecular complexity index is 722. The Kier molecular flexibility index (Phi) is 10.6. The summed E-state index contributed by atoms with van der Waals surface area (Å²) in [5.74, 6) is 0. The molecule has 0 aromatic heterocycles. The molecule has 0 bridgehead atoms. The molecule has 0 aliphatic carbocycles. The third-order valence-corrected chi connectivity index (χ3v) is 13.7. The number of hydrogen-bond acceptors (Lipinski definition) is 0. The average molecular weight is 413 g/mol. The van der Waals surface area contributed by atoms with E-state index in [-0.39, 0.29) is 4.75 Å². The second kappa shape index (κ2) is 12.1. The Balaban J connectivity index is 0.000000921. The van der Waals surface area contributed by atoms with E-state index in [1.807, 2.05) is 27.7 Å². The predicted octanol–water partition coefficient (Wildman–Crippen LogP) is 8.68. The lowest BCUT2D eigenvalue weighted by molar-refractivity contribution is 0.788. The second-order valence-electron chi connectivity index (χ2n) is 6.82. The largest absolute Gasteiger partial charge is 0.160 e. The van der Waals surface area contributed by atoms with Crippen LogP contribution in [0.2, 0.25) is 0 Å². The van der Waals surface area contributed by atoms with Crippen LogP contribution < -0.4 is 5.30 Å². The second-order valence-corrected chi connectivity index (χ2v) is 13.4. The van der Waals surface area contributed by atoms with Crippen LogP contribution in [0.4, 0.5) is 0 Å². The van der Waals surface area contributed by atoms with Crippen LogP contribution in [-0.4, -0.2) is 4.75 Å². The Morgan fingerprint density at radius 3 is 1.18 bits per heavy atom. The van der Waals surface area contributed by atoms with E-state index in [1.54, 1.807) is 0 Å². The van der Waals surface area contributed by atoms with E-state index < -0.39 is 9.65 Å². The number of benzene rings is 3. The van der Waals surface area contributed by atoms with Gasteiger partial charge in [-0.25, -0.2) is 0 Å². The van der Waals surface area contributed by atoms with Crippen molar-refractivity contribution in [2.24, 2.45) is 0 Å². The van der Waals surface area contributed by atoms with Gasteiger partial charge < -0.3 is 0 Å². The number of rotatable bonds is 4. The fourth-order valence-electron chi connectivity index (χ4n) is 3.05. The molecule has 0 amide bonds. The van der Waals surface area contributed by atoms with Gasteiger partial charge >= 0.3 is 0 Å². The Morgan fingerprint density at radius 2 is 0.857 bits per heavy atom. The minimum Gasteiger partial charge on any atom is -0.160 e. The van der Waals surface area contributed by atoms with Crippen LogP contribution in [0.15, 0.2) is 101 Å². The molecule has 0 aliphatic rings. The molecule has 0 N–H and O–H groups in total. The quantitative estimate of drug-likeness (QED) is 0.376. The first-order valence-corrected chi connectivity index (χ1v) is 13.7. The van der Waals surface area contributed by atoms with E-state index in [2.05, 4.69) is 112 Å². The van der Waals surface area contributed by atoms with Crippen LogP contribution in [0, 0.1) is 0 Å². The van der Waals surface area contributed by atoms with Crippen LogP contribution in [0.5, 0.6) is 0 Å². The van der Waals surface area contributed by atoms with Crippen molar-refractivity contribution in [1.29, 1.82) is 0 Å². The third-order valence-electron chi connectivity index (χ3n) is 4.16. The molecule has 0 radical (unpaired) electrons. The summed E-state index contributed by atoms with van der Waals surface area (Å²) in [7, 11) is -0.440. The lowest BCUT2D eigenvalue weighted by Gasteiger charge is -2.51. The Morgan fingerprint density at radius 1 is 0.536 bits per heavy atom. The van der Waals surface area contributed by atoms with Gasteiger partial charge in [-0.2, -0.15) is 9.65 Å². The highest BCUT2D eigenvalue weighted by Gasteiger charge is 2.40. The Labute approximate surface area is 176 Å². The summed E-state index contributed by atoms with van der Waals surface area (Å²) in [5, 5.41) is 1.44. The van der Waals surface area contributed by atoms with Gasteiger partial charge in [0, 0.05) is 4.75 Å². The van der Waals surface area contributed by atoms with Gasteiger partial charge in [0.2, 0.25) is 0 Å². The zero-order valence-electron chi connectivity index (χ0n) is 18.6. The van der Waals surface area contributed by atoms with E-state index in [0.29, 0.717) is 0 Å². The lowest BCUT2D eigenvalue weighted by atomic mass is 10.3. The first-order chi connectivity index (χ1) is 13.5. The number of hydrogen-bond donors (Lipinski definition) is 0. The summed E-state index contributed by atoms with van der Waals surface area (Å²) in [6.07, 6.45) is 0. The minimum atomic E-state index is -1.20. The Hall–Kier alpha value is -1.56. The van der Waals surface area contributed by atoms with E-state index >= 15 is 0 Å². The zero-order valence-corrected chi connectivity index (χ0v) is 20.4. The first-order valence-electron chi connectivity index (χ1n) is 10.3. The molecule has 0 heterocycles. The highest BCUT2D eigenvalue weighted by atomic mass is 32.8. The van der Waals surface area contributed by atoms with Gasteiger partial charge in [0.1, 0.15) is 0 Å². The van der Waals surface area contributed by atoms with Crippen LogP contribution in [0.3, 0.4) is 0 Å². The maximum absolute atomic E-state index is 2.40. The van der Waals surface area contributed by atoms with Gasteiger partial charge in [0.25, 0.3) is 0 Å². The molecule has 1 unspecified atom stereocenters. The van der Waals surface area contributed by atoms with Crippen LogP contribution >= 0.6 is 17.4 Å². The summed E-state index contributed by atoms with van der Waals surface area (Å²) in [6.45, 7) is 15.2. The molecule has 0 spiro atoms. The SMILES string of the molecule is CC.CC.CC(C)(C)S(Pc1ccccc1)(c1ccccc1)c1ccccc1. The molecule has 3 aromatic carbocycles. The molecule has 0 saturated heterocycles. The smallest absolute Gasteiger partial charge is 0.00312 e. The topological polar surface area (TPSA) is 0 Å². The molecule has 0 nitrogen and oxygen atoms in total. The van der Waals surface area contributed by atoms with Gasteiger partial charge in [0.05, 0.1) is 0 Å². The van der Waals surface area contributed by atoms with Gasteiger partial charge in [0.15, 0.2) is 0 Å². The van der Waals surface area contributed by atoms with Crippen molar-refractivity contribution in [2.45, 2.75) is 63.0 Å². The summed E-state index contributed by atoms with van der Waals surface area (Å²) >= 11 is 0. The molecule has 0 saturated carbocycles. The average Bonchev–Trinajstić information content (AvgIpc) is 2.76. The summed E-state index contributed by atoms with van der Waals surface area (Å²) in [6, 6.07) is 33.2. The highest BCUT2D eigenvalue weighted by Crippen LogP contribution is 2.81. The molecule has 3 aromatic rings. The molecule has 0 fully saturated rings. The normalized spacial score (nSPS) is 11.8. The van der Waals surface area contributed by atoms with Gasteiger partial charge in [-0.1, -0.05) is 115 Å². The monoisotopic (exact) mass is 412 g/mol. The first kappa shape index (κ1) is 24.5. The van der Waals surface area contributed by atoms with Crippen molar-refractivity contribution < 1.29 is 0 Å². The fourth-order valence-corrected chi connectivity index (χ4v) is 11.0. The maximum Gasteiger partial charge on any atom is 0.00312 e. The highest BCUT2D eigenvalue weighted by molar-refractivity contribution is 8.74. The standard InChI is InChI=1S/C22H25PS.2C2H6/c1-22(2,3)24(20-15-9-5-10-16-20,21-17-11-6-12-18-21)23-19-13-7-4-8-14-19;2*1-2/h4-18,23H,1-3H3;2*1-2H3. The van der Waals surface area contributed by atoms with Crippen molar-refractivity contribution in [3.05, 3.63) is 91.0 Å². The fraction of sp³-hybridized carbons (Fsp3) is 0.308. The summed E-state index contributed by atoms with van der Waals surface area (Å²) in [4.78, 5) is 2.96. The van der Waals surface area contributed by atoms with Crippen LogP contribution in [0.1, 0.15) is 48.5 Å². The zero-order chi connectivity index (χ0) is 21.0. The maximum atomic E-state index is 2.40. The van der Waals surface area contributed by atoms with E-state index in [4.69, 9.17) is 0 Å². The van der Waals surface area contributed by atoms with Crippen molar-refractivity contribution in [3.8, 4) is 0 Å².